The van der Waals surface area contributed by atoms with E-state index in [1.165, 1.54) is 12.1 Å². The Labute approximate surface area is 159 Å². The van der Waals surface area contributed by atoms with Crippen LogP contribution >= 0.6 is 0 Å². The maximum Gasteiger partial charge on any atom is 0.322 e. The summed E-state index contributed by atoms with van der Waals surface area (Å²) in [6, 6.07) is 3.45. The molecule has 1 atom stereocenters. The van der Waals surface area contributed by atoms with Crippen LogP contribution in [0.4, 0.5) is 14.9 Å². The third-order valence-electron chi connectivity index (χ3n) is 5.77. The summed E-state index contributed by atoms with van der Waals surface area (Å²) < 4.78 is 24.7. The minimum atomic E-state index is -0.520. The second-order valence-electron chi connectivity index (χ2n) is 7.64. The molecule has 3 aliphatic rings. The summed E-state index contributed by atoms with van der Waals surface area (Å²) in [5.41, 5.74) is 0.0593. The highest BCUT2D eigenvalue weighted by Gasteiger charge is 2.33. The molecule has 0 bridgehead atoms. The molecule has 0 aromatic heterocycles. The van der Waals surface area contributed by atoms with Crippen LogP contribution in [0.3, 0.4) is 0 Å². The van der Waals surface area contributed by atoms with Crippen molar-refractivity contribution >= 4 is 11.7 Å². The fourth-order valence-electron chi connectivity index (χ4n) is 4.09. The minimum absolute atomic E-state index is 0.0375. The summed E-state index contributed by atoms with van der Waals surface area (Å²) >= 11 is 0. The van der Waals surface area contributed by atoms with Crippen LogP contribution in [-0.4, -0.2) is 78.9 Å². The number of carbonyl (C=O) groups excluding carboxylic acids is 1. The zero-order valence-electron chi connectivity index (χ0n) is 15.9. The first-order chi connectivity index (χ1) is 13.0. The number of nitrogens with zero attached hydrogens (tertiary/aromatic N) is 3. The molecule has 1 aromatic carbocycles. The maximum atomic E-state index is 14.2. The van der Waals surface area contributed by atoms with E-state index in [0.29, 0.717) is 30.9 Å². The van der Waals surface area contributed by atoms with Crippen molar-refractivity contribution in [3.05, 3.63) is 17.9 Å². The number of carbonyl (C=O) groups is 1. The normalized spacial score (nSPS) is 23.3. The third kappa shape index (κ3) is 3.68. The molecule has 3 aliphatic heterocycles. The Morgan fingerprint density at radius 1 is 1.19 bits per heavy atom. The molecular weight excluding hydrogens is 351 g/mol. The largest absolute Gasteiger partial charge is 0.454 e. The Morgan fingerprint density at radius 3 is 2.70 bits per heavy atom. The number of benzene rings is 1. The van der Waals surface area contributed by atoms with E-state index in [-0.39, 0.29) is 24.3 Å². The highest BCUT2D eigenvalue weighted by atomic mass is 19.1. The summed E-state index contributed by atoms with van der Waals surface area (Å²) in [4.78, 5) is 19.4. The van der Waals surface area contributed by atoms with E-state index < -0.39 is 5.82 Å². The van der Waals surface area contributed by atoms with Crippen LogP contribution in [0.25, 0.3) is 0 Å². The van der Waals surface area contributed by atoms with Gasteiger partial charge >= 0.3 is 6.03 Å². The van der Waals surface area contributed by atoms with Crippen molar-refractivity contribution in [2.45, 2.75) is 32.4 Å². The predicted molar refractivity (Wildman–Crippen MR) is 99.8 cm³/mol. The number of nitrogens with one attached hydrogen (secondary N) is 1. The van der Waals surface area contributed by atoms with E-state index >= 15 is 0 Å². The van der Waals surface area contributed by atoms with Gasteiger partial charge in [0.25, 0.3) is 0 Å². The summed E-state index contributed by atoms with van der Waals surface area (Å²) in [5, 5.41) is 2.68. The number of piperazine rings is 1. The summed E-state index contributed by atoms with van der Waals surface area (Å²) in [7, 11) is 0. The fraction of sp³-hybridized carbons (Fsp3) is 0.632. The van der Waals surface area contributed by atoms with E-state index in [9.17, 15) is 9.18 Å². The molecule has 148 valence electrons. The Balaban J connectivity index is 1.35. The number of rotatable bonds is 3. The summed E-state index contributed by atoms with van der Waals surface area (Å²) in [5.74, 6) is 0.200. The van der Waals surface area contributed by atoms with Gasteiger partial charge in [-0.3, -0.25) is 9.80 Å². The fourth-order valence-corrected chi connectivity index (χ4v) is 4.09. The lowest BCUT2D eigenvalue weighted by Gasteiger charge is -2.39. The van der Waals surface area contributed by atoms with Crippen molar-refractivity contribution in [1.82, 2.24) is 14.7 Å². The van der Waals surface area contributed by atoms with Gasteiger partial charge in [-0.25, -0.2) is 9.18 Å². The zero-order chi connectivity index (χ0) is 19.0. The molecule has 0 spiro atoms. The zero-order valence-corrected chi connectivity index (χ0v) is 15.9. The van der Waals surface area contributed by atoms with Crippen molar-refractivity contribution in [2.24, 2.45) is 0 Å². The molecule has 2 fully saturated rings. The molecule has 1 N–H and O–H groups in total. The van der Waals surface area contributed by atoms with Crippen molar-refractivity contribution in [2.75, 3.05) is 51.4 Å². The second-order valence-corrected chi connectivity index (χ2v) is 7.64. The van der Waals surface area contributed by atoms with Gasteiger partial charge < -0.3 is 19.7 Å². The number of urea groups is 1. The van der Waals surface area contributed by atoms with Crippen molar-refractivity contribution in [3.63, 3.8) is 0 Å². The van der Waals surface area contributed by atoms with Gasteiger partial charge in [0.05, 0.1) is 0 Å². The lowest BCUT2D eigenvalue weighted by Crippen LogP contribution is -2.52. The first-order valence-electron chi connectivity index (χ1n) is 9.65. The topological polar surface area (TPSA) is 57.3 Å². The summed E-state index contributed by atoms with van der Waals surface area (Å²) in [6.07, 6.45) is 0.949. The average Bonchev–Trinajstić information content (AvgIpc) is 3.33. The van der Waals surface area contributed by atoms with Gasteiger partial charge in [-0.15, -0.1) is 0 Å². The van der Waals surface area contributed by atoms with Crippen LogP contribution in [0.2, 0.25) is 0 Å². The van der Waals surface area contributed by atoms with Gasteiger partial charge in [-0.2, -0.15) is 0 Å². The molecule has 3 heterocycles. The van der Waals surface area contributed by atoms with Gasteiger partial charge in [-0.1, -0.05) is 0 Å². The molecule has 0 saturated carbocycles. The Kier molecular flexibility index (Phi) is 5.10. The number of ether oxygens (including phenoxy) is 2. The van der Waals surface area contributed by atoms with Crippen LogP contribution < -0.4 is 14.8 Å². The van der Waals surface area contributed by atoms with E-state index in [1.807, 2.05) is 0 Å². The molecular formula is C19H27FN4O3. The van der Waals surface area contributed by atoms with Crippen molar-refractivity contribution in [1.29, 1.82) is 0 Å². The number of likely N-dealkylation sites (tertiary alicyclic amines) is 1. The first kappa shape index (κ1) is 18.3. The number of amides is 2. The standard InChI is InChI=1S/C19H27FN4O3/c1-13(2)22-7-9-23(10-8-22)14-5-6-24(11-14)19(25)21-17-15(20)3-4-16-18(17)27-12-26-16/h3-4,13-14H,5-12H2,1-2H3,(H,21,25). The molecule has 1 unspecified atom stereocenters. The number of hydrogen-bond acceptors (Lipinski definition) is 5. The SMILES string of the molecule is CC(C)N1CCN(C2CCN(C(=O)Nc3c(F)ccc4c3OCO4)C2)CC1. The molecule has 0 radical (unpaired) electrons. The minimum Gasteiger partial charge on any atom is -0.454 e. The molecule has 0 aliphatic carbocycles. The lowest BCUT2D eigenvalue weighted by molar-refractivity contribution is 0.0812. The predicted octanol–water partition coefficient (Wildman–Crippen LogP) is 2.19. The van der Waals surface area contributed by atoms with E-state index in [2.05, 4.69) is 29.0 Å². The van der Waals surface area contributed by atoms with E-state index in [1.54, 1.807) is 4.90 Å². The maximum absolute atomic E-state index is 14.2. The summed E-state index contributed by atoms with van der Waals surface area (Å²) in [6.45, 7) is 10.0. The van der Waals surface area contributed by atoms with Gasteiger partial charge in [0.15, 0.2) is 17.3 Å². The molecule has 4 rings (SSSR count). The molecule has 2 amide bonds. The molecule has 8 heteroatoms. The number of halogens is 1. The van der Waals surface area contributed by atoms with Crippen molar-refractivity contribution in [3.8, 4) is 11.5 Å². The number of hydrogen-bond donors (Lipinski definition) is 1. The van der Waals surface area contributed by atoms with Gasteiger partial charge in [-0.05, 0) is 32.4 Å². The van der Waals surface area contributed by atoms with Gasteiger partial charge in [0, 0.05) is 51.4 Å². The highest BCUT2D eigenvalue weighted by molar-refractivity contribution is 5.92. The lowest BCUT2D eigenvalue weighted by atomic mass is 10.1. The Morgan fingerprint density at radius 2 is 1.96 bits per heavy atom. The van der Waals surface area contributed by atoms with Crippen LogP contribution in [0, 0.1) is 5.82 Å². The number of anilines is 1. The van der Waals surface area contributed by atoms with Crippen molar-refractivity contribution < 1.29 is 18.7 Å². The van der Waals surface area contributed by atoms with Crippen LogP contribution in [0.15, 0.2) is 12.1 Å². The van der Waals surface area contributed by atoms with E-state index in [0.717, 1.165) is 32.6 Å². The third-order valence-corrected chi connectivity index (χ3v) is 5.77. The quantitative estimate of drug-likeness (QED) is 0.874. The van der Waals surface area contributed by atoms with Crippen LogP contribution in [0.5, 0.6) is 11.5 Å². The molecule has 2 saturated heterocycles. The van der Waals surface area contributed by atoms with E-state index in [4.69, 9.17) is 9.47 Å². The van der Waals surface area contributed by atoms with Crippen LogP contribution in [0.1, 0.15) is 20.3 Å². The second kappa shape index (κ2) is 7.52. The number of fused-ring (bicyclic) bond motifs is 1. The monoisotopic (exact) mass is 378 g/mol. The highest BCUT2D eigenvalue weighted by Crippen LogP contribution is 2.41. The molecule has 27 heavy (non-hydrogen) atoms. The van der Waals surface area contributed by atoms with Gasteiger partial charge in [0.1, 0.15) is 5.69 Å². The van der Waals surface area contributed by atoms with Gasteiger partial charge in [0.2, 0.25) is 6.79 Å². The Hall–Kier alpha value is -2.06. The molecule has 7 nitrogen and oxygen atoms in total. The van der Waals surface area contributed by atoms with Crippen LogP contribution in [-0.2, 0) is 0 Å². The average molecular weight is 378 g/mol. The first-order valence-corrected chi connectivity index (χ1v) is 9.65. The smallest absolute Gasteiger partial charge is 0.322 e. The molecule has 1 aromatic rings. The Bertz CT molecular complexity index is 706.